The molecule has 44 heavy (non-hydrogen) atoms. The van der Waals surface area contributed by atoms with Gasteiger partial charge in [0, 0.05) is 57.2 Å². The third kappa shape index (κ3) is 3.85. The molecule has 8 heteroatoms. The molecule has 8 nitrogen and oxygen atoms in total. The van der Waals surface area contributed by atoms with Crippen molar-refractivity contribution in [1.82, 2.24) is 9.13 Å². The first-order valence-electron chi connectivity index (χ1n) is 14.0. The van der Waals surface area contributed by atoms with E-state index in [9.17, 15) is 20.2 Å². The van der Waals surface area contributed by atoms with Gasteiger partial charge in [0.05, 0.1) is 31.9 Å². The fourth-order valence-corrected chi connectivity index (χ4v) is 6.31. The van der Waals surface area contributed by atoms with Gasteiger partial charge < -0.3 is 9.13 Å². The molecule has 2 aromatic heterocycles. The van der Waals surface area contributed by atoms with Crippen LogP contribution in [0.25, 0.3) is 66.1 Å². The van der Waals surface area contributed by atoms with Crippen LogP contribution in [-0.4, -0.2) is 19.0 Å². The highest BCUT2D eigenvalue weighted by Crippen LogP contribution is 2.38. The van der Waals surface area contributed by atoms with Crippen LogP contribution in [0.4, 0.5) is 11.4 Å². The van der Waals surface area contributed by atoms with E-state index in [1.54, 1.807) is 24.3 Å². The van der Waals surface area contributed by atoms with Crippen LogP contribution in [0.1, 0.15) is 0 Å². The first-order valence-corrected chi connectivity index (χ1v) is 14.0. The maximum atomic E-state index is 11.2. The molecule has 0 aliphatic carbocycles. The van der Waals surface area contributed by atoms with Gasteiger partial charge in [-0.05, 0) is 71.8 Å². The number of non-ortho nitro benzene ring substituents is 2. The zero-order valence-electron chi connectivity index (χ0n) is 23.1. The van der Waals surface area contributed by atoms with E-state index in [0.29, 0.717) is 0 Å². The lowest BCUT2D eigenvalue weighted by atomic mass is 10.0. The lowest BCUT2D eigenvalue weighted by Crippen LogP contribution is -1.95. The number of hydrogen-bond acceptors (Lipinski definition) is 4. The summed E-state index contributed by atoms with van der Waals surface area (Å²) in [5, 5.41) is 26.8. The number of para-hydroxylation sites is 2. The van der Waals surface area contributed by atoms with Crippen molar-refractivity contribution in [3.05, 3.63) is 154 Å². The molecule has 210 valence electrons. The van der Waals surface area contributed by atoms with Crippen molar-refractivity contribution in [2.45, 2.75) is 0 Å². The summed E-state index contributed by atoms with van der Waals surface area (Å²) in [6.45, 7) is 0. The second-order valence-corrected chi connectivity index (χ2v) is 10.7. The van der Waals surface area contributed by atoms with Gasteiger partial charge in [-0.15, -0.1) is 0 Å². The molecule has 0 aliphatic rings. The number of nitro benzene ring substituents is 2. The Kier molecular flexibility index (Phi) is 5.57. The molecule has 0 atom stereocenters. The van der Waals surface area contributed by atoms with Crippen LogP contribution in [-0.2, 0) is 0 Å². The summed E-state index contributed by atoms with van der Waals surface area (Å²) in [6.07, 6.45) is 0. The summed E-state index contributed by atoms with van der Waals surface area (Å²) in [5.74, 6) is 0. The number of rotatable bonds is 5. The van der Waals surface area contributed by atoms with Gasteiger partial charge in [0.25, 0.3) is 11.4 Å². The molecule has 0 amide bonds. The Morgan fingerprint density at radius 3 is 1.16 bits per heavy atom. The van der Waals surface area contributed by atoms with Gasteiger partial charge in [0.2, 0.25) is 0 Å². The van der Waals surface area contributed by atoms with Gasteiger partial charge >= 0.3 is 0 Å². The van der Waals surface area contributed by atoms with Crippen molar-refractivity contribution in [2.24, 2.45) is 0 Å². The number of fused-ring (bicyclic) bond motifs is 6. The topological polar surface area (TPSA) is 96.1 Å². The Bertz CT molecular complexity index is 2270. The van der Waals surface area contributed by atoms with E-state index >= 15 is 0 Å². The van der Waals surface area contributed by atoms with Crippen LogP contribution in [0.15, 0.2) is 133 Å². The lowest BCUT2D eigenvalue weighted by molar-refractivity contribution is -0.385. The fourth-order valence-electron chi connectivity index (χ4n) is 6.31. The van der Waals surface area contributed by atoms with E-state index < -0.39 is 0 Å². The molecule has 8 rings (SSSR count). The maximum absolute atomic E-state index is 11.2. The lowest BCUT2D eigenvalue weighted by Gasteiger charge is -2.09. The van der Waals surface area contributed by atoms with Gasteiger partial charge in [-0.3, -0.25) is 20.2 Å². The molecule has 0 spiro atoms. The Morgan fingerprint density at radius 2 is 0.773 bits per heavy atom. The Balaban J connectivity index is 1.30. The number of benzene rings is 6. The van der Waals surface area contributed by atoms with Crippen LogP contribution >= 0.6 is 0 Å². The van der Waals surface area contributed by atoms with E-state index in [2.05, 4.69) is 69.8 Å². The number of hydrogen-bond donors (Lipinski definition) is 0. The van der Waals surface area contributed by atoms with E-state index in [-0.39, 0.29) is 21.2 Å². The summed E-state index contributed by atoms with van der Waals surface area (Å²) in [7, 11) is 0. The molecule has 0 N–H and O–H groups in total. The standard InChI is InChI=1S/C36H22N4O4/c41-39(42)27-15-11-25(12-16-27)37-33-7-3-1-5-29(33)31-21-23(9-19-35(31)37)24-10-20-36-32(22-24)30-6-2-4-8-34(30)38(36)26-13-17-28(18-14-26)40(43)44/h1-22H. The highest BCUT2D eigenvalue weighted by Gasteiger charge is 2.17. The van der Waals surface area contributed by atoms with Gasteiger partial charge in [-0.1, -0.05) is 48.5 Å². The van der Waals surface area contributed by atoms with Crippen LogP contribution in [0, 0.1) is 20.2 Å². The molecule has 2 heterocycles. The van der Waals surface area contributed by atoms with Gasteiger partial charge in [0.1, 0.15) is 0 Å². The van der Waals surface area contributed by atoms with Crippen molar-refractivity contribution in [2.75, 3.05) is 0 Å². The summed E-state index contributed by atoms with van der Waals surface area (Å²) >= 11 is 0. The molecule has 0 aliphatic heterocycles. The third-order valence-electron chi connectivity index (χ3n) is 8.32. The van der Waals surface area contributed by atoms with Crippen molar-refractivity contribution in [3.63, 3.8) is 0 Å². The third-order valence-corrected chi connectivity index (χ3v) is 8.32. The molecule has 0 radical (unpaired) electrons. The van der Waals surface area contributed by atoms with E-state index in [1.807, 2.05) is 24.3 Å². The van der Waals surface area contributed by atoms with E-state index in [4.69, 9.17) is 0 Å². The van der Waals surface area contributed by atoms with Crippen molar-refractivity contribution >= 4 is 55.0 Å². The molecule has 0 bridgehead atoms. The largest absolute Gasteiger partial charge is 0.309 e. The number of nitro groups is 2. The highest BCUT2D eigenvalue weighted by molar-refractivity contribution is 6.12. The minimum Gasteiger partial charge on any atom is -0.309 e. The minimum absolute atomic E-state index is 0.0575. The average molecular weight is 575 g/mol. The first-order chi connectivity index (χ1) is 21.5. The Hall–Kier alpha value is -6.28. The number of aromatic nitrogens is 2. The van der Waals surface area contributed by atoms with Gasteiger partial charge in [-0.2, -0.15) is 0 Å². The molecule has 0 saturated carbocycles. The predicted octanol–water partition coefficient (Wildman–Crippen LogP) is 9.36. The normalized spacial score (nSPS) is 11.5. The summed E-state index contributed by atoms with van der Waals surface area (Å²) in [6, 6.07) is 42.5. The van der Waals surface area contributed by atoms with E-state index in [1.165, 1.54) is 24.3 Å². The van der Waals surface area contributed by atoms with Crippen LogP contribution < -0.4 is 0 Å². The molecule has 0 fully saturated rings. The molecule has 6 aromatic carbocycles. The highest BCUT2D eigenvalue weighted by atomic mass is 16.6. The van der Waals surface area contributed by atoms with Crippen LogP contribution in [0.3, 0.4) is 0 Å². The van der Waals surface area contributed by atoms with Crippen molar-refractivity contribution < 1.29 is 9.85 Å². The van der Waals surface area contributed by atoms with Crippen LogP contribution in [0.2, 0.25) is 0 Å². The second kappa shape index (κ2) is 9.64. The zero-order valence-corrected chi connectivity index (χ0v) is 23.1. The van der Waals surface area contributed by atoms with Crippen LogP contribution in [0.5, 0.6) is 0 Å². The van der Waals surface area contributed by atoms with Crippen molar-refractivity contribution in [1.29, 1.82) is 0 Å². The minimum atomic E-state index is -0.387. The summed E-state index contributed by atoms with van der Waals surface area (Å²) in [5.41, 5.74) is 8.04. The monoisotopic (exact) mass is 574 g/mol. The molecule has 0 unspecified atom stereocenters. The van der Waals surface area contributed by atoms with E-state index in [0.717, 1.165) is 66.1 Å². The van der Waals surface area contributed by atoms with Gasteiger partial charge in [-0.25, -0.2) is 0 Å². The quantitative estimate of drug-likeness (QED) is 0.151. The maximum Gasteiger partial charge on any atom is 0.269 e. The predicted molar refractivity (Wildman–Crippen MR) is 174 cm³/mol. The molecule has 8 aromatic rings. The zero-order chi connectivity index (χ0) is 29.9. The first kappa shape index (κ1) is 25.4. The summed E-state index contributed by atoms with van der Waals surface area (Å²) in [4.78, 5) is 21.7. The Labute approximate surface area is 249 Å². The summed E-state index contributed by atoms with van der Waals surface area (Å²) < 4.78 is 4.28. The smallest absolute Gasteiger partial charge is 0.269 e. The molecular weight excluding hydrogens is 552 g/mol. The van der Waals surface area contributed by atoms with Gasteiger partial charge in [0.15, 0.2) is 0 Å². The Morgan fingerprint density at radius 1 is 0.409 bits per heavy atom. The average Bonchev–Trinajstić information content (AvgIpc) is 3.57. The van der Waals surface area contributed by atoms with Crippen molar-refractivity contribution in [3.8, 4) is 22.5 Å². The molecular formula is C36H22N4O4. The SMILES string of the molecule is O=[N+]([O-])c1ccc(-n2c3ccccc3c3cc(-c4ccc5c(c4)c4ccccc4n5-c4ccc([N+](=O)[O-])cc4)ccc32)cc1. The molecule has 0 saturated heterocycles. The fraction of sp³-hybridized carbons (Fsp3) is 0. The second-order valence-electron chi connectivity index (χ2n) is 10.7. The number of nitrogens with zero attached hydrogens (tertiary/aromatic N) is 4.